The van der Waals surface area contributed by atoms with Crippen LogP contribution in [0.4, 0.5) is 0 Å². The Kier molecular flexibility index (Phi) is 7.95. The van der Waals surface area contributed by atoms with E-state index in [0.717, 1.165) is 0 Å². The Morgan fingerprint density at radius 2 is 1.94 bits per heavy atom. The Morgan fingerprint density at radius 3 is 2.44 bits per heavy atom. The van der Waals surface area contributed by atoms with Crippen LogP contribution in [0.3, 0.4) is 0 Å². The summed E-state index contributed by atoms with van der Waals surface area (Å²) in [7, 11) is 1.44. The number of rotatable bonds is 4. The van der Waals surface area contributed by atoms with E-state index in [1.165, 1.54) is 21.8 Å². The van der Waals surface area contributed by atoms with Gasteiger partial charge < -0.3 is 0 Å². The third kappa shape index (κ3) is 4.47. The average Bonchev–Trinajstić information content (AvgIpc) is 2.38. The molecular weight excluding hydrogens is 404 g/mol. The Hall–Kier alpha value is -0.222. The fourth-order valence-electron chi connectivity index (χ4n) is 1.62. The van der Waals surface area contributed by atoms with Gasteiger partial charge in [0.05, 0.1) is 0 Å². The summed E-state index contributed by atoms with van der Waals surface area (Å²) in [6.45, 7) is 4.49. The van der Waals surface area contributed by atoms with Crippen molar-refractivity contribution in [3.63, 3.8) is 0 Å². The molecule has 1 aromatic carbocycles. The van der Waals surface area contributed by atoms with Crippen LogP contribution in [-0.2, 0) is 0 Å². The molecule has 3 nitrogen and oxygen atoms in total. The smallest absolute Gasteiger partial charge is 0.107 e. The summed E-state index contributed by atoms with van der Waals surface area (Å²) < 4.78 is 6.48. The van der Waals surface area contributed by atoms with Crippen molar-refractivity contribution < 1.29 is 9.84 Å². The van der Waals surface area contributed by atoms with Gasteiger partial charge in [-0.25, -0.2) is 0 Å². The zero-order valence-electron chi connectivity index (χ0n) is 11.3. The average molecular weight is 425 g/mol. The van der Waals surface area contributed by atoms with Gasteiger partial charge in [0.25, 0.3) is 0 Å². The van der Waals surface area contributed by atoms with Gasteiger partial charge in [-0.2, -0.15) is 0 Å². The zero-order chi connectivity index (χ0) is 12.9. The molecule has 0 unspecified atom stereocenters. The molecule has 1 rings (SSSR count). The van der Waals surface area contributed by atoms with E-state index in [4.69, 9.17) is 4.74 Å². The number of hydrogen-bond acceptors (Lipinski definition) is 3. The van der Waals surface area contributed by atoms with Crippen LogP contribution in [0.2, 0.25) is 16.1 Å². The van der Waals surface area contributed by atoms with Crippen LogP contribution < -0.4 is 14.2 Å². The Labute approximate surface area is 129 Å². The minimum Gasteiger partial charge on any atom is -0.107 e. The van der Waals surface area contributed by atoms with Crippen molar-refractivity contribution in [1.29, 1.82) is 0 Å². The van der Waals surface area contributed by atoms with Gasteiger partial charge in [0.1, 0.15) is 0 Å². The largest absolute Gasteiger partial charge is 0.107 e. The number of hydrogen-bond donors (Lipinski definition) is 0. The predicted octanol–water partition coefficient (Wildman–Crippen LogP) is 2.35. The summed E-state index contributed by atoms with van der Waals surface area (Å²) in [6.07, 6.45) is -0.539. The third-order valence-corrected chi connectivity index (χ3v) is 12.3. The van der Waals surface area contributed by atoms with Crippen molar-refractivity contribution in [3.05, 3.63) is 24.3 Å². The molecule has 0 heterocycles. The molecule has 0 saturated heterocycles. The first-order valence-corrected chi connectivity index (χ1v) is 11.3. The maximum atomic E-state index is 11.1. The fraction of sp³-hybridized carbons (Fsp3) is 0.462. The summed E-state index contributed by atoms with van der Waals surface area (Å²) in [5.74, 6) is 0.604. The van der Waals surface area contributed by atoms with Crippen LogP contribution in [-0.4, -0.2) is 26.7 Å². The van der Waals surface area contributed by atoms with Crippen LogP contribution in [0.25, 0.3) is 0 Å². The summed E-state index contributed by atoms with van der Waals surface area (Å²) in [5, 5.41) is 13.6. The van der Waals surface area contributed by atoms with Crippen molar-refractivity contribution in [1.82, 2.24) is 0 Å². The summed E-state index contributed by atoms with van der Waals surface area (Å²) >= 11 is -1.75. The first-order chi connectivity index (χ1) is 8.05. The molecule has 0 atom stereocenters. The second kappa shape index (κ2) is 8.05. The van der Waals surface area contributed by atoms with Crippen molar-refractivity contribution in [3.8, 4) is 5.75 Å². The van der Waals surface area contributed by atoms with Crippen molar-refractivity contribution in [2.45, 2.75) is 30.0 Å². The minimum atomic E-state index is -1.75. The SMILES string of the molecule is CC[As+](C)(CC)c1cccc(OC([O-])=NC)c1.I. The molecule has 0 fully saturated rings. The van der Waals surface area contributed by atoms with Crippen molar-refractivity contribution >= 4 is 48.0 Å². The molecule has 102 valence electrons. The van der Waals surface area contributed by atoms with Crippen molar-refractivity contribution in [2.75, 3.05) is 7.05 Å². The summed E-state index contributed by atoms with van der Waals surface area (Å²) in [6, 6.07) is 7.92. The molecule has 0 spiro atoms. The van der Waals surface area contributed by atoms with Gasteiger partial charge in [-0.15, -0.1) is 24.0 Å². The van der Waals surface area contributed by atoms with Crippen LogP contribution >= 0.6 is 24.0 Å². The number of halogens is 1. The summed E-state index contributed by atoms with van der Waals surface area (Å²) in [4.78, 5) is 3.47. The molecule has 18 heavy (non-hydrogen) atoms. The number of ether oxygens (including phenoxy) is 1. The molecule has 0 amide bonds. The first-order valence-electron chi connectivity index (χ1n) is 5.82. The molecule has 0 saturated carbocycles. The molecule has 0 aromatic heterocycles. The van der Waals surface area contributed by atoms with Gasteiger partial charge in [-0.05, 0) is 0 Å². The standard InChI is InChI=1S/C13H20AsNO2.HI/c1-5-14(3,6-2)11-8-7-9-12(10-11)17-13(16)15-4;/h7-10H,5-6H2,1-4H3;1H. The van der Waals surface area contributed by atoms with E-state index in [1.807, 2.05) is 12.1 Å². The second-order valence-corrected chi connectivity index (χ2v) is 13.7. The minimum absolute atomic E-state index is 0. The van der Waals surface area contributed by atoms with E-state index in [9.17, 15) is 5.11 Å². The molecule has 0 aliphatic heterocycles. The second-order valence-electron chi connectivity index (χ2n) is 4.12. The molecule has 0 radical (unpaired) electrons. The monoisotopic (exact) mass is 425 g/mol. The number of aliphatic imine (C=N–C) groups is 1. The Balaban J connectivity index is 0.00000289. The molecule has 0 N–H and O–H groups in total. The van der Waals surface area contributed by atoms with Gasteiger partial charge in [-0.3, -0.25) is 0 Å². The van der Waals surface area contributed by atoms with Gasteiger partial charge >= 0.3 is 106 Å². The number of benzene rings is 1. The molecule has 0 aliphatic carbocycles. The third-order valence-electron chi connectivity index (χ3n) is 3.22. The van der Waals surface area contributed by atoms with Crippen molar-refractivity contribution in [2.24, 2.45) is 4.99 Å². The molecule has 1 aromatic rings. The topological polar surface area (TPSA) is 44.6 Å². The maximum Gasteiger partial charge on any atom is -0.107 e. The zero-order valence-corrected chi connectivity index (χ0v) is 15.5. The molecular formula is C13H21AsINO2. The Bertz CT molecular complexity index is 406. The molecule has 0 bridgehead atoms. The van der Waals surface area contributed by atoms with E-state index in [0.29, 0.717) is 5.75 Å². The molecule has 5 heteroatoms. The van der Waals surface area contributed by atoms with Gasteiger partial charge in [-0.1, -0.05) is 0 Å². The first kappa shape index (κ1) is 17.8. The van der Waals surface area contributed by atoms with Gasteiger partial charge in [0.2, 0.25) is 0 Å². The van der Waals surface area contributed by atoms with Gasteiger partial charge in [0.15, 0.2) is 0 Å². The number of nitrogens with zero attached hydrogens (tertiary/aromatic N) is 1. The van der Waals surface area contributed by atoms with Crippen LogP contribution in [0.15, 0.2) is 29.3 Å². The summed E-state index contributed by atoms with van der Waals surface area (Å²) in [5.41, 5.74) is 2.39. The quantitative estimate of drug-likeness (QED) is 0.322. The van der Waals surface area contributed by atoms with Crippen LogP contribution in [0.1, 0.15) is 13.8 Å². The van der Waals surface area contributed by atoms with E-state index in [1.54, 1.807) is 6.07 Å². The Morgan fingerprint density at radius 1 is 1.33 bits per heavy atom. The van der Waals surface area contributed by atoms with Gasteiger partial charge in [0, 0.05) is 0 Å². The van der Waals surface area contributed by atoms with E-state index in [2.05, 4.69) is 30.6 Å². The normalized spacial score (nSPS) is 11.9. The van der Waals surface area contributed by atoms with E-state index >= 15 is 0 Å². The molecule has 0 aliphatic rings. The fourth-order valence-corrected chi connectivity index (χ4v) is 5.95. The van der Waals surface area contributed by atoms with E-state index < -0.39 is 19.6 Å². The predicted molar refractivity (Wildman–Crippen MR) is 88.1 cm³/mol. The van der Waals surface area contributed by atoms with E-state index in [-0.39, 0.29) is 24.0 Å². The van der Waals surface area contributed by atoms with Crippen LogP contribution in [0.5, 0.6) is 5.75 Å². The van der Waals surface area contributed by atoms with Crippen LogP contribution in [0, 0.1) is 0 Å². The maximum absolute atomic E-state index is 11.1.